The predicted molar refractivity (Wildman–Crippen MR) is 57.2 cm³/mol. The zero-order chi connectivity index (χ0) is 10.8. The monoisotopic (exact) mass is 222 g/mol. The number of aromatic nitrogens is 1. The van der Waals surface area contributed by atoms with Crippen molar-refractivity contribution < 1.29 is 9.21 Å². The number of rotatable bonds is 2. The van der Waals surface area contributed by atoms with Crippen molar-refractivity contribution >= 4 is 34.7 Å². The highest BCUT2D eigenvalue weighted by Crippen LogP contribution is 2.20. The summed E-state index contributed by atoms with van der Waals surface area (Å²) in [6, 6.07) is 5.10. The molecule has 15 heavy (non-hydrogen) atoms. The van der Waals surface area contributed by atoms with Gasteiger partial charge in [0.2, 0.25) is 11.8 Å². The molecule has 2 aromatic rings. The maximum atomic E-state index is 10.5. The zero-order valence-electron chi connectivity index (χ0n) is 7.61. The lowest BCUT2D eigenvalue weighted by Crippen LogP contribution is -2.05. The lowest BCUT2D eigenvalue weighted by atomic mass is 10.3. The van der Waals surface area contributed by atoms with Gasteiger partial charge in [-0.15, -0.1) is 0 Å². The van der Waals surface area contributed by atoms with Gasteiger partial charge in [0.05, 0.1) is 0 Å². The van der Waals surface area contributed by atoms with Crippen LogP contribution in [-0.2, 0) is 4.79 Å². The summed E-state index contributed by atoms with van der Waals surface area (Å²) in [6.45, 7) is 0. The Morgan fingerprint density at radius 2 is 2.33 bits per heavy atom. The molecule has 0 aliphatic carbocycles. The van der Waals surface area contributed by atoms with Crippen molar-refractivity contribution in [2.75, 3.05) is 0 Å². The molecule has 0 saturated heterocycles. The molecule has 0 radical (unpaired) electrons. The molecule has 0 atom stereocenters. The smallest absolute Gasteiger partial charge is 0.241 e. The third-order valence-corrected chi connectivity index (χ3v) is 1.99. The highest BCUT2D eigenvalue weighted by Gasteiger charge is 2.03. The van der Waals surface area contributed by atoms with E-state index >= 15 is 0 Å². The van der Waals surface area contributed by atoms with Crippen LogP contribution in [0.4, 0.5) is 0 Å². The molecule has 0 saturated carbocycles. The Morgan fingerprint density at radius 1 is 1.53 bits per heavy atom. The van der Waals surface area contributed by atoms with Gasteiger partial charge in [-0.25, -0.2) is 4.98 Å². The number of hydrogen-bond acceptors (Lipinski definition) is 3. The Kier molecular flexibility index (Phi) is 2.43. The number of primary amides is 1. The van der Waals surface area contributed by atoms with Crippen LogP contribution < -0.4 is 5.73 Å². The van der Waals surface area contributed by atoms with E-state index in [0.717, 1.165) is 0 Å². The SMILES string of the molecule is NC(=O)C=Cc1nc2cc(Cl)ccc2o1. The average Bonchev–Trinajstić information content (AvgIpc) is 2.56. The fourth-order valence-electron chi connectivity index (χ4n) is 1.14. The van der Waals surface area contributed by atoms with Crippen LogP contribution in [0.15, 0.2) is 28.7 Å². The number of fused-ring (bicyclic) bond motifs is 1. The highest BCUT2D eigenvalue weighted by molar-refractivity contribution is 6.31. The molecular formula is C10H7ClN2O2. The fourth-order valence-corrected chi connectivity index (χ4v) is 1.31. The minimum Gasteiger partial charge on any atom is -0.437 e. The summed E-state index contributed by atoms with van der Waals surface area (Å²) >= 11 is 5.78. The third-order valence-electron chi connectivity index (χ3n) is 1.76. The number of benzene rings is 1. The quantitative estimate of drug-likeness (QED) is 0.790. The number of nitrogens with zero attached hydrogens (tertiary/aromatic N) is 1. The molecule has 0 spiro atoms. The van der Waals surface area contributed by atoms with Gasteiger partial charge >= 0.3 is 0 Å². The maximum absolute atomic E-state index is 10.5. The summed E-state index contributed by atoms with van der Waals surface area (Å²) in [5.74, 6) is -0.221. The van der Waals surface area contributed by atoms with Crippen LogP contribution in [0.2, 0.25) is 5.02 Å². The van der Waals surface area contributed by atoms with Crippen LogP contribution in [0.1, 0.15) is 5.89 Å². The van der Waals surface area contributed by atoms with E-state index < -0.39 is 5.91 Å². The summed E-state index contributed by atoms with van der Waals surface area (Å²) in [4.78, 5) is 14.6. The number of hydrogen-bond donors (Lipinski definition) is 1. The van der Waals surface area contributed by atoms with Crippen molar-refractivity contribution in [3.8, 4) is 0 Å². The number of carbonyl (C=O) groups is 1. The van der Waals surface area contributed by atoms with Crippen molar-refractivity contribution in [1.82, 2.24) is 4.98 Å². The van der Waals surface area contributed by atoms with Crippen molar-refractivity contribution in [3.05, 3.63) is 35.2 Å². The minimum absolute atomic E-state index is 0.325. The second-order valence-corrected chi connectivity index (χ2v) is 3.34. The van der Waals surface area contributed by atoms with E-state index in [4.69, 9.17) is 21.8 Å². The summed E-state index contributed by atoms with van der Waals surface area (Å²) in [5, 5.41) is 0.584. The molecule has 4 nitrogen and oxygen atoms in total. The van der Waals surface area contributed by atoms with E-state index in [1.54, 1.807) is 18.2 Å². The fraction of sp³-hybridized carbons (Fsp3) is 0. The molecule has 76 valence electrons. The molecule has 0 aliphatic rings. The molecular weight excluding hydrogens is 216 g/mol. The first-order valence-electron chi connectivity index (χ1n) is 4.19. The highest BCUT2D eigenvalue weighted by atomic mass is 35.5. The Hall–Kier alpha value is -1.81. The van der Waals surface area contributed by atoms with Crippen molar-refractivity contribution in [2.24, 2.45) is 5.73 Å². The lowest BCUT2D eigenvalue weighted by Gasteiger charge is -1.85. The van der Waals surface area contributed by atoms with Gasteiger partial charge in [-0.05, 0) is 18.2 Å². The molecule has 2 N–H and O–H groups in total. The Morgan fingerprint density at radius 3 is 3.07 bits per heavy atom. The molecule has 0 bridgehead atoms. The summed E-state index contributed by atoms with van der Waals surface area (Å²) in [5.41, 5.74) is 6.20. The van der Waals surface area contributed by atoms with Crippen molar-refractivity contribution in [3.63, 3.8) is 0 Å². The Labute approximate surface area is 90.3 Å². The standard InChI is InChI=1S/C10H7ClN2O2/c11-6-1-2-8-7(5-6)13-10(15-8)4-3-9(12)14/h1-5H,(H2,12,14). The van der Waals surface area contributed by atoms with Crippen LogP contribution in [0.3, 0.4) is 0 Å². The van der Waals surface area contributed by atoms with Crippen LogP contribution in [-0.4, -0.2) is 10.9 Å². The zero-order valence-corrected chi connectivity index (χ0v) is 8.36. The van der Waals surface area contributed by atoms with Gasteiger partial charge in [0, 0.05) is 17.2 Å². The van der Waals surface area contributed by atoms with Gasteiger partial charge in [-0.1, -0.05) is 11.6 Å². The Balaban J connectivity index is 2.43. The molecule has 1 heterocycles. The molecule has 0 aliphatic heterocycles. The van der Waals surface area contributed by atoms with Gasteiger partial charge in [-0.2, -0.15) is 0 Å². The first-order chi connectivity index (χ1) is 7.15. The van der Waals surface area contributed by atoms with E-state index in [2.05, 4.69) is 4.98 Å². The van der Waals surface area contributed by atoms with Crippen molar-refractivity contribution in [2.45, 2.75) is 0 Å². The van der Waals surface area contributed by atoms with Gasteiger partial charge < -0.3 is 10.2 Å². The predicted octanol–water partition coefficient (Wildman–Crippen LogP) is 1.98. The average molecular weight is 223 g/mol. The number of nitrogens with two attached hydrogens (primary N) is 1. The van der Waals surface area contributed by atoms with Gasteiger partial charge in [0.1, 0.15) is 5.52 Å². The minimum atomic E-state index is -0.546. The van der Waals surface area contributed by atoms with E-state index in [-0.39, 0.29) is 0 Å². The van der Waals surface area contributed by atoms with E-state index in [1.807, 2.05) is 0 Å². The molecule has 0 unspecified atom stereocenters. The van der Waals surface area contributed by atoms with E-state index in [0.29, 0.717) is 22.0 Å². The molecule has 1 aromatic carbocycles. The normalized spacial score (nSPS) is 11.3. The van der Waals surface area contributed by atoms with Crippen LogP contribution >= 0.6 is 11.6 Å². The van der Waals surface area contributed by atoms with Crippen molar-refractivity contribution in [1.29, 1.82) is 0 Å². The molecule has 1 aromatic heterocycles. The van der Waals surface area contributed by atoms with Gasteiger partial charge in [0.15, 0.2) is 5.58 Å². The molecule has 1 amide bonds. The second kappa shape index (κ2) is 3.74. The van der Waals surface area contributed by atoms with Crippen LogP contribution in [0, 0.1) is 0 Å². The molecule has 2 rings (SSSR count). The largest absolute Gasteiger partial charge is 0.437 e. The summed E-state index contributed by atoms with van der Waals surface area (Å²) in [6.07, 6.45) is 2.60. The number of halogens is 1. The molecule has 5 heteroatoms. The molecule has 0 fully saturated rings. The first kappa shape index (κ1) is 9.73. The Bertz CT molecular complexity index is 545. The summed E-state index contributed by atoms with van der Waals surface area (Å²) in [7, 11) is 0. The van der Waals surface area contributed by atoms with E-state index in [9.17, 15) is 4.79 Å². The first-order valence-corrected chi connectivity index (χ1v) is 4.56. The maximum Gasteiger partial charge on any atom is 0.241 e. The van der Waals surface area contributed by atoms with Gasteiger partial charge in [0.25, 0.3) is 0 Å². The summed E-state index contributed by atoms with van der Waals surface area (Å²) < 4.78 is 5.31. The number of carbonyl (C=O) groups excluding carboxylic acids is 1. The van der Waals surface area contributed by atoms with E-state index in [1.165, 1.54) is 12.2 Å². The second-order valence-electron chi connectivity index (χ2n) is 2.90. The topological polar surface area (TPSA) is 69.1 Å². The lowest BCUT2D eigenvalue weighted by molar-refractivity contribution is -0.113. The van der Waals surface area contributed by atoms with Gasteiger partial charge in [-0.3, -0.25) is 4.79 Å². The third kappa shape index (κ3) is 2.16. The van der Waals surface area contributed by atoms with Crippen LogP contribution in [0.25, 0.3) is 17.2 Å². The number of oxazole rings is 1. The number of amides is 1. The van der Waals surface area contributed by atoms with Crippen LogP contribution in [0.5, 0.6) is 0 Å².